The SMILES string of the molecule is NCc1sccc1S(=O)(=O)NCc1ccc(Br)s1. The van der Waals surface area contributed by atoms with Gasteiger partial charge in [-0.25, -0.2) is 13.1 Å². The molecule has 4 nitrogen and oxygen atoms in total. The minimum atomic E-state index is -3.48. The molecular weight excluding hydrogens is 356 g/mol. The largest absolute Gasteiger partial charge is 0.326 e. The van der Waals surface area contributed by atoms with Crippen LogP contribution in [-0.2, 0) is 23.1 Å². The number of halogens is 1. The third-order valence-electron chi connectivity index (χ3n) is 2.24. The van der Waals surface area contributed by atoms with Crippen LogP contribution in [0.25, 0.3) is 0 Å². The highest BCUT2D eigenvalue weighted by atomic mass is 79.9. The van der Waals surface area contributed by atoms with Gasteiger partial charge in [0, 0.05) is 22.8 Å². The van der Waals surface area contributed by atoms with Gasteiger partial charge in [-0.2, -0.15) is 0 Å². The molecule has 0 spiro atoms. The van der Waals surface area contributed by atoms with Crippen LogP contribution in [0, 0.1) is 0 Å². The van der Waals surface area contributed by atoms with E-state index >= 15 is 0 Å². The smallest absolute Gasteiger partial charge is 0.242 e. The molecule has 18 heavy (non-hydrogen) atoms. The maximum atomic E-state index is 12.1. The fourth-order valence-corrected chi connectivity index (χ4v) is 5.26. The summed E-state index contributed by atoms with van der Waals surface area (Å²) in [6, 6.07) is 5.36. The van der Waals surface area contributed by atoms with Crippen molar-refractivity contribution in [2.45, 2.75) is 18.0 Å². The molecule has 3 N–H and O–H groups in total. The molecule has 0 unspecified atom stereocenters. The first kappa shape index (κ1) is 14.2. The second kappa shape index (κ2) is 5.81. The Morgan fingerprint density at radius 1 is 1.33 bits per heavy atom. The summed E-state index contributed by atoms with van der Waals surface area (Å²) in [5.41, 5.74) is 5.52. The number of hydrogen-bond acceptors (Lipinski definition) is 5. The Bertz CT molecular complexity index is 633. The molecule has 2 aromatic heterocycles. The van der Waals surface area contributed by atoms with Gasteiger partial charge in [-0.1, -0.05) is 0 Å². The van der Waals surface area contributed by atoms with Crippen LogP contribution in [0.1, 0.15) is 9.75 Å². The predicted molar refractivity (Wildman–Crippen MR) is 78.3 cm³/mol. The molecule has 0 saturated heterocycles. The van der Waals surface area contributed by atoms with Crippen molar-refractivity contribution < 1.29 is 8.42 Å². The van der Waals surface area contributed by atoms with Crippen LogP contribution >= 0.6 is 38.6 Å². The van der Waals surface area contributed by atoms with Crippen LogP contribution in [0.2, 0.25) is 0 Å². The first-order chi connectivity index (χ1) is 8.53. The average molecular weight is 367 g/mol. The summed E-state index contributed by atoms with van der Waals surface area (Å²) in [6.45, 7) is 0.525. The van der Waals surface area contributed by atoms with Crippen molar-refractivity contribution in [3.05, 3.63) is 37.1 Å². The zero-order valence-corrected chi connectivity index (χ0v) is 13.3. The van der Waals surface area contributed by atoms with Gasteiger partial charge in [0.25, 0.3) is 0 Å². The van der Waals surface area contributed by atoms with Crippen LogP contribution in [-0.4, -0.2) is 8.42 Å². The molecule has 0 amide bonds. The highest BCUT2D eigenvalue weighted by molar-refractivity contribution is 9.11. The van der Waals surface area contributed by atoms with Crippen molar-refractivity contribution in [1.29, 1.82) is 0 Å². The quantitative estimate of drug-likeness (QED) is 0.853. The van der Waals surface area contributed by atoms with Crippen molar-refractivity contribution in [3.8, 4) is 0 Å². The van der Waals surface area contributed by atoms with Crippen molar-refractivity contribution in [2.24, 2.45) is 5.73 Å². The lowest BCUT2D eigenvalue weighted by Crippen LogP contribution is -2.23. The summed E-state index contributed by atoms with van der Waals surface area (Å²) in [5.74, 6) is 0. The summed E-state index contributed by atoms with van der Waals surface area (Å²) in [4.78, 5) is 1.91. The Labute approximate surface area is 122 Å². The zero-order chi connectivity index (χ0) is 13.2. The number of thiophene rings is 2. The highest BCUT2D eigenvalue weighted by Gasteiger charge is 2.18. The standard InChI is InChI=1S/C10H11BrN2O2S3/c11-10-2-1-7(17-10)6-13-18(14,15)9-3-4-16-8(9)5-12/h1-4,13H,5-6,12H2. The number of sulfonamides is 1. The van der Waals surface area contributed by atoms with Crippen molar-refractivity contribution >= 4 is 48.6 Å². The number of nitrogens with one attached hydrogen (secondary N) is 1. The molecule has 0 aliphatic carbocycles. The summed E-state index contributed by atoms with van der Waals surface area (Å²) in [6.07, 6.45) is 0. The van der Waals surface area contributed by atoms with E-state index in [1.54, 1.807) is 11.4 Å². The van der Waals surface area contributed by atoms with Crippen molar-refractivity contribution in [1.82, 2.24) is 4.72 Å². The Kier molecular flexibility index (Phi) is 4.57. The molecule has 0 atom stereocenters. The first-order valence-corrected chi connectivity index (χ1v) is 9.00. The molecular formula is C10H11BrN2O2S3. The Balaban J connectivity index is 2.13. The van der Waals surface area contributed by atoms with E-state index in [1.165, 1.54) is 22.7 Å². The summed E-state index contributed by atoms with van der Waals surface area (Å²) < 4.78 is 27.7. The summed E-state index contributed by atoms with van der Waals surface area (Å²) >= 11 is 6.20. The number of nitrogens with two attached hydrogens (primary N) is 1. The molecule has 0 saturated carbocycles. The molecule has 0 radical (unpaired) electrons. The lowest BCUT2D eigenvalue weighted by molar-refractivity contribution is 0.581. The average Bonchev–Trinajstić information content (AvgIpc) is 2.95. The molecule has 8 heteroatoms. The lowest BCUT2D eigenvalue weighted by Gasteiger charge is -2.05. The monoisotopic (exact) mass is 366 g/mol. The van der Waals surface area contributed by atoms with Gasteiger partial charge in [0.15, 0.2) is 0 Å². The van der Waals surface area contributed by atoms with Gasteiger partial charge in [0.05, 0.1) is 8.68 Å². The Morgan fingerprint density at radius 2 is 2.11 bits per heavy atom. The van der Waals surface area contributed by atoms with E-state index in [0.717, 1.165) is 8.66 Å². The normalized spacial score (nSPS) is 11.9. The van der Waals surface area contributed by atoms with Crippen LogP contribution in [0.15, 0.2) is 32.3 Å². The third-order valence-corrected chi connectivity index (χ3v) is 6.43. The second-order valence-electron chi connectivity index (χ2n) is 3.44. The van der Waals surface area contributed by atoms with E-state index in [1.807, 2.05) is 12.1 Å². The maximum absolute atomic E-state index is 12.1. The molecule has 0 aliphatic rings. The van der Waals surface area contributed by atoms with Crippen LogP contribution < -0.4 is 10.5 Å². The second-order valence-corrected chi connectivity index (χ2v) is 8.73. The van der Waals surface area contributed by atoms with Gasteiger partial charge in [0.1, 0.15) is 0 Å². The first-order valence-electron chi connectivity index (χ1n) is 5.03. The van der Waals surface area contributed by atoms with Crippen LogP contribution in [0.3, 0.4) is 0 Å². The fraction of sp³-hybridized carbons (Fsp3) is 0.200. The lowest BCUT2D eigenvalue weighted by atomic mass is 10.5. The number of hydrogen-bond donors (Lipinski definition) is 2. The van der Waals surface area contributed by atoms with Gasteiger partial charge in [-0.3, -0.25) is 0 Å². The molecule has 0 bridgehead atoms. The van der Waals surface area contributed by atoms with E-state index in [9.17, 15) is 8.42 Å². The Morgan fingerprint density at radius 3 is 2.72 bits per heavy atom. The molecule has 0 fully saturated rings. The fourth-order valence-electron chi connectivity index (χ4n) is 1.41. The van der Waals surface area contributed by atoms with Crippen molar-refractivity contribution in [2.75, 3.05) is 0 Å². The maximum Gasteiger partial charge on any atom is 0.242 e. The van der Waals surface area contributed by atoms with Crippen LogP contribution in [0.4, 0.5) is 0 Å². The topological polar surface area (TPSA) is 72.2 Å². The van der Waals surface area contributed by atoms with E-state index in [4.69, 9.17) is 5.73 Å². The molecule has 2 heterocycles. The highest BCUT2D eigenvalue weighted by Crippen LogP contribution is 2.24. The van der Waals surface area contributed by atoms with Gasteiger partial charge < -0.3 is 5.73 Å². The molecule has 0 aromatic carbocycles. The van der Waals surface area contributed by atoms with Crippen molar-refractivity contribution in [3.63, 3.8) is 0 Å². The van der Waals surface area contributed by atoms with E-state index in [2.05, 4.69) is 20.7 Å². The predicted octanol–water partition coefficient (Wildman–Crippen LogP) is 2.51. The molecule has 0 aliphatic heterocycles. The molecule has 2 aromatic rings. The molecule has 98 valence electrons. The summed E-state index contributed by atoms with van der Waals surface area (Å²) in [7, 11) is -3.48. The Hall–Kier alpha value is -0.250. The third kappa shape index (κ3) is 3.19. The van der Waals surface area contributed by atoms with Gasteiger partial charge in [-0.15, -0.1) is 22.7 Å². The van der Waals surface area contributed by atoms with E-state index < -0.39 is 10.0 Å². The minimum Gasteiger partial charge on any atom is -0.326 e. The summed E-state index contributed by atoms with van der Waals surface area (Å²) in [5, 5.41) is 1.73. The van der Waals surface area contributed by atoms with Crippen LogP contribution in [0.5, 0.6) is 0 Å². The minimum absolute atomic E-state index is 0.235. The van der Waals surface area contributed by atoms with Gasteiger partial charge in [0.2, 0.25) is 10.0 Å². The number of rotatable bonds is 5. The van der Waals surface area contributed by atoms with Gasteiger partial charge in [-0.05, 0) is 39.5 Å². The molecule has 2 rings (SSSR count). The van der Waals surface area contributed by atoms with E-state index in [0.29, 0.717) is 11.4 Å². The zero-order valence-electron chi connectivity index (χ0n) is 9.22. The van der Waals surface area contributed by atoms with E-state index in [-0.39, 0.29) is 11.4 Å². The van der Waals surface area contributed by atoms with Gasteiger partial charge >= 0.3 is 0 Å².